The van der Waals surface area contributed by atoms with Crippen molar-refractivity contribution >= 4 is 8.56 Å². The maximum absolute atomic E-state index is 6.56. The van der Waals surface area contributed by atoms with E-state index in [2.05, 4.69) is 30.7 Å². The summed E-state index contributed by atoms with van der Waals surface area (Å²) in [7, 11) is 1.93. The first-order valence-electron chi connectivity index (χ1n) is 8.27. The minimum Gasteiger partial charge on any atom is -0.397 e. The lowest BCUT2D eigenvalue weighted by atomic mass is 10.3. The topological polar surface area (TPSA) is 34.2 Å². The van der Waals surface area contributed by atoms with Crippen LogP contribution in [0.15, 0.2) is 0 Å². The highest BCUT2D eigenvalue weighted by atomic mass is 28.4. The predicted molar refractivity (Wildman–Crippen MR) is 86.9 cm³/mol. The largest absolute Gasteiger partial charge is 0.397 e. The third kappa shape index (κ3) is 4.74. The highest BCUT2D eigenvalue weighted by Crippen LogP contribution is 2.31. The van der Waals surface area contributed by atoms with E-state index in [0.29, 0.717) is 12.1 Å². The number of rotatable bonds is 4. The van der Waals surface area contributed by atoms with Crippen molar-refractivity contribution in [1.82, 2.24) is 9.80 Å². The smallest absolute Gasteiger partial charge is 0.340 e. The maximum atomic E-state index is 6.56. The zero-order valence-corrected chi connectivity index (χ0v) is 15.1. The van der Waals surface area contributed by atoms with Gasteiger partial charge in [0.15, 0.2) is 0 Å². The summed E-state index contributed by atoms with van der Waals surface area (Å²) in [6.45, 7) is 11.5. The molecule has 5 nitrogen and oxygen atoms in total. The van der Waals surface area contributed by atoms with Gasteiger partial charge in [-0.2, -0.15) is 0 Å². The molecule has 6 heteroatoms. The van der Waals surface area contributed by atoms with Crippen LogP contribution in [-0.4, -0.2) is 84.6 Å². The average Bonchev–Trinajstić information content (AvgIpc) is 2.44. The molecule has 0 aromatic rings. The maximum Gasteiger partial charge on any atom is 0.340 e. The normalized spacial score (nSPS) is 33.9. The molecule has 124 valence electrons. The van der Waals surface area contributed by atoms with Gasteiger partial charge >= 0.3 is 8.56 Å². The third-order valence-corrected chi connectivity index (χ3v) is 9.00. The molecule has 0 aromatic heterocycles. The highest BCUT2D eigenvalue weighted by molar-refractivity contribution is 6.68. The predicted octanol–water partition coefficient (Wildman–Crippen LogP) is 1.54. The summed E-state index contributed by atoms with van der Waals surface area (Å²) in [5.41, 5.74) is 0.482. The molecule has 0 aliphatic carbocycles. The Morgan fingerprint density at radius 3 is 2.57 bits per heavy atom. The van der Waals surface area contributed by atoms with Gasteiger partial charge in [-0.3, -0.25) is 4.90 Å². The van der Waals surface area contributed by atoms with Crippen LogP contribution < -0.4 is 0 Å². The molecule has 2 heterocycles. The summed E-state index contributed by atoms with van der Waals surface area (Å²) in [6, 6.07) is 1.04. The van der Waals surface area contributed by atoms with Gasteiger partial charge in [0.1, 0.15) is 0 Å². The quantitative estimate of drug-likeness (QED) is 0.735. The molecule has 0 bridgehead atoms. The molecule has 2 unspecified atom stereocenters. The van der Waals surface area contributed by atoms with Crippen molar-refractivity contribution in [2.24, 2.45) is 0 Å². The molecule has 2 atom stereocenters. The van der Waals surface area contributed by atoms with Crippen LogP contribution in [0.2, 0.25) is 11.6 Å². The molecular formula is C15H32N2O3Si. The second kappa shape index (κ2) is 8.03. The van der Waals surface area contributed by atoms with Gasteiger partial charge in [0, 0.05) is 46.4 Å². The molecule has 2 fully saturated rings. The number of nitrogens with zero attached hydrogens (tertiary/aromatic N) is 2. The van der Waals surface area contributed by atoms with Gasteiger partial charge in [-0.05, 0) is 25.1 Å². The SMILES string of the molecule is CO[Si]1(C(C)C)CCCOCC(CN2CCN(C)CC2)O1. The Morgan fingerprint density at radius 1 is 1.24 bits per heavy atom. The van der Waals surface area contributed by atoms with E-state index in [1.807, 2.05) is 7.11 Å². The molecule has 0 N–H and O–H groups in total. The Hall–Kier alpha value is 0.0169. The Kier molecular flexibility index (Phi) is 6.65. The van der Waals surface area contributed by atoms with Crippen LogP contribution in [0.25, 0.3) is 0 Å². The number of likely N-dealkylation sites (N-methyl/N-ethyl adjacent to an activating group) is 1. The molecule has 2 saturated heterocycles. The molecule has 0 saturated carbocycles. The van der Waals surface area contributed by atoms with Crippen LogP contribution in [0.5, 0.6) is 0 Å². The summed E-state index contributed by atoms with van der Waals surface area (Å²) >= 11 is 0. The lowest BCUT2D eigenvalue weighted by Gasteiger charge is -2.40. The van der Waals surface area contributed by atoms with Crippen molar-refractivity contribution in [3.63, 3.8) is 0 Å². The minimum atomic E-state index is -2.09. The van der Waals surface area contributed by atoms with E-state index in [0.717, 1.165) is 51.8 Å². The van der Waals surface area contributed by atoms with Crippen LogP contribution in [0.1, 0.15) is 20.3 Å². The molecule has 0 spiro atoms. The van der Waals surface area contributed by atoms with Gasteiger partial charge in [0.05, 0.1) is 12.7 Å². The van der Waals surface area contributed by atoms with Crippen molar-refractivity contribution in [3.8, 4) is 0 Å². The van der Waals surface area contributed by atoms with Gasteiger partial charge in [-0.1, -0.05) is 13.8 Å². The monoisotopic (exact) mass is 316 g/mol. The van der Waals surface area contributed by atoms with E-state index in [-0.39, 0.29) is 6.10 Å². The van der Waals surface area contributed by atoms with Crippen molar-refractivity contribution in [1.29, 1.82) is 0 Å². The molecule has 21 heavy (non-hydrogen) atoms. The van der Waals surface area contributed by atoms with Crippen molar-refractivity contribution in [3.05, 3.63) is 0 Å². The van der Waals surface area contributed by atoms with Crippen LogP contribution in [0.3, 0.4) is 0 Å². The van der Waals surface area contributed by atoms with Crippen molar-refractivity contribution in [2.75, 3.05) is 60.1 Å². The summed E-state index contributed by atoms with van der Waals surface area (Å²) < 4.78 is 18.3. The molecular weight excluding hydrogens is 284 g/mol. The van der Waals surface area contributed by atoms with E-state index in [1.165, 1.54) is 0 Å². The molecule has 0 amide bonds. The van der Waals surface area contributed by atoms with Crippen molar-refractivity contribution in [2.45, 2.75) is 38.0 Å². The fourth-order valence-corrected chi connectivity index (χ4v) is 6.31. The number of ether oxygens (including phenoxy) is 1. The standard InChI is InChI=1S/C15H32N2O3Si/c1-14(2)21(18-4)11-5-10-19-13-15(20-21)12-17-8-6-16(3)7-9-17/h14-15H,5-13H2,1-4H3. The van der Waals surface area contributed by atoms with E-state index in [4.69, 9.17) is 13.6 Å². The van der Waals surface area contributed by atoms with Gasteiger partial charge in [-0.15, -0.1) is 0 Å². The second-order valence-electron chi connectivity index (χ2n) is 6.69. The van der Waals surface area contributed by atoms with Crippen molar-refractivity contribution < 1.29 is 13.6 Å². The summed E-state index contributed by atoms with van der Waals surface area (Å²) in [6.07, 6.45) is 1.21. The Labute approximate surface area is 130 Å². The van der Waals surface area contributed by atoms with Gasteiger partial charge in [-0.25, -0.2) is 0 Å². The fourth-order valence-electron chi connectivity index (χ4n) is 3.23. The molecule has 2 aliphatic heterocycles. The first kappa shape index (κ1) is 17.4. The first-order chi connectivity index (χ1) is 10.1. The summed E-state index contributed by atoms with van der Waals surface area (Å²) in [4.78, 5) is 4.89. The van der Waals surface area contributed by atoms with Crippen LogP contribution >= 0.6 is 0 Å². The van der Waals surface area contributed by atoms with E-state index in [1.54, 1.807) is 0 Å². The average molecular weight is 317 g/mol. The molecule has 2 rings (SSSR count). The minimum absolute atomic E-state index is 0.155. The Bertz CT molecular complexity index is 311. The number of piperazine rings is 1. The van der Waals surface area contributed by atoms with Crippen LogP contribution in [-0.2, 0) is 13.6 Å². The van der Waals surface area contributed by atoms with Gasteiger partial charge in [0.25, 0.3) is 0 Å². The van der Waals surface area contributed by atoms with Crippen LogP contribution in [0.4, 0.5) is 0 Å². The lowest BCUT2D eigenvalue weighted by molar-refractivity contribution is -0.00833. The zero-order chi connectivity index (χ0) is 15.3. The highest BCUT2D eigenvalue weighted by Gasteiger charge is 2.43. The van der Waals surface area contributed by atoms with E-state index in [9.17, 15) is 0 Å². The summed E-state index contributed by atoms with van der Waals surface area (Å²) in [5.74, 6) is 0. The fraction of sp³-hybridized carbons (Fsp3) is 1.00. The number of hydrogen-bond donors (Lipinski definition) is 0. The van der Waals surface area contributed by atoms with E-state index >= 15 is 0 Å². The zero-order valence-electron chi connectivity index (χ0n) is 14.1. The molecule has 0 aromatic carbocycles. The van der Waals surface area contributed by atoms with Crippen LogP contribution in [0, 0.1) is 0 Å². The third-order valence-electron chi connectivity index (χ3n) is 4.77. The Morgan fingerprint density at radius 2 is 1.95 bits per heavy atom. The molecule has 0 radical (unpaired) electrons. The second-order valence-corrected chi connectivity index (χ2v) is 10.6. The van der Waals surface area contributed by atoms with Gasteiger partial charge < -0.3 is 18.5 Å². The van der Waals surface area contributed by atoms with Gasteiger partial charge in [0.2, 0.25) is 0 Å². The lowest BCUT2D eigenvalue weighted by Crippen LogP contribution is -2.54. The van der Waals surface area contributed by atoms with E-state index < -0.39 is 8.56 Å². The Balaban J connectivity index is 1.96. The molecule has 2 aliphatic rings. The summed E-state index contributed by atoms with van der Waals surface area (Å²) in [5, 5.41) is 0. The first-order valence-corrected chi connectivity index (χ1v) is 10.4. The number of hydrogen-bond acceptors (Lipinski definition) is 5.